The van der Waals surface area contributed by atoms with E-state index in [0.717, 1.165) is 9.26 Å². The molecule has 2 amide bonds. The van der Waals surface area contributed by atoms with E-state index in [2.05, 4.69) is 33.2 Å². The number of benzene rings is 1. The highest BCUT2D eigenvalue weighted by atomic mass is 127. The van der Waals surface area contributed by atoms with Gasteiger partial charge in [0, 0.05) is 9.26 Å². The van der Waals surface area contributed by atoms with E-state index in [4.69, 9.17) is 5.73 Å². The minimum Gasteiger partial charge on any atom is -0.368 e. The number of carbonyl (C=O) groups excluding carboxylic acids is 2. The summed E-state index contributed by atoms with van der Waals surface area (Å²) < 4.78 is 1.04. The molecule has 0 spiro atoms. The molecule has 5 nitrogen and oxygen atoms in total. The fourth-order valence-electron chi connectivity index (χ4n) is 2.12. The van der Waals surface area contributed by atoms with Crippen molar-refractivity contribution in [3.8, 4) is 0 Å². The Bertz CT molecular complexity index is 519. The van der Waals surface area contributed by atoms with E-state index >= 15 is 0 Å². The number of nitrogens with one attached hydrogen (secondary N) is 2. The lowest BCUT2D eigenvalue weighted by Crippen LogP contribution is -2.55. The monoisotopic (exact) mass is 403 g/mol. The van der Waals surface area contributed by atoms with Gasteiger partial charge < -0.3 is 11.1 Å². The highest BCUT2D eigenvalue weighted by molar-refractivity contribution is 14.1. The first-order valence-electron chi connectivity index (χ1n) is 6.83. The van der Waals surface area contributed by atoms with Gasteiger partial charge in [-0.3, -0.25) is 14.9 Å². The summed E-state index contributed by atoms with van der Waals surface area (Å²) in [6.45, 7) is 5.79. The quantitative estimate of drug-likeness (QED) is 0.610. The first-order chi connectivity index (χ1) is 9.73. The van der Waals surface area contributed by atoms with Crippen molar-refractivity contribution in [1.29, 1.82) is 0 Å². The maximum Gasteiger partial charge on any atom is 0.238 e. The molecule has 0 saturated carbocycles. The number of hydrogen-bond acceptors (Lipinski definition) is 3. The van der Waals surface area contributed by atoms with E-state index in [9.17, 15) is 9.59 Å². The van der Waals surface area contributed by atoms with Crippen LogP contribution in [0.25, 0.3) is 0 Å². The minimum absolute atomic E-state index is 0.0393. The van der Waals surface area contributed by atoms with Crippen LogP contribution in [-0.4, -0.2) is 23.9 Å². The molecule has 1 atom stereocenters. The molecule has 0 fully saturated rings. The first kappa shape index (κ1) is 17.9. The third-order valence-corrected chi connectivity index (χ3v) is 3.78. The summed E-state index contributed by atoms with van der Waals surface area (Å²) in [5.41, 5.74) is 5.30. The third kappa shape index (κ3) is 6.01. The van der Waals surface area contributed by atoms with Gasteiger partial charge in [-0.1, -0.05) is 19.9 Å². The zero-order valence-electron chi connectivity index (χ0n) is 12.6. The zero-order chi connectivity index (χ0) is 16.0. The van der Waals surface area contributed by atoms with Crippen LogP contribution in [-0.2, 0) is 9.59 Å². The second-order valence-electron chi connectivity index (χ2n) is 5.71. The van der Waals surface area contributed by atoms with Crippen LogP contribution >= 0.6 is 22.6 Å². The molecule has 6 heteroatoms. The van der Waals surface area contributed by atoms with Crippen LogP contribution in [0.3, 0.4) is 0 Å². The molecule has 0 bridgehead atoms. The van der Waals surface area contributed by atoms with Crippen LogP contribution < -0.4 is 16.4 Å². The van der Waals surface area contributed by atoms with Gasteiger partial charge in [0.15, 0.2) is 0 Å². The average molecular weight is 403 g/mol. The lowest BCUT2D eigenvalue weighted by molar-refractivity contribution is -0.124. The zero-order valence-corrected chi connectivity index (χ0v) is 14.7. The second-order valence-corrected chi connectivity index (χ2v) is 6.95. The van der Waals surface area contributed by atoms with Crippen LogP contribution in [0.2, 0.25) is 0 Å². The summed E-state index contributed by atoms with van der Waals surface area (Å²) in [7, 11) is 0. The van der Waals surface area contributed by atoms with Crippen LogP contribution in [0, 0.1) is 9.49 Å². The van der Waals surface area contributed by atoms with E-state index in [1.54, 1.807) is 6.92 Å². The van der Waals surface area contributed by atoms with Gasteiger partial charge >= 0.3 is 0 Å². The number of hydrogen-bond donors (Lipinski definition) is 3. The van der Waals surface area contributed by atoms with Crippen molar-refractivity contribution >= 4 is 40.1 Å². The Hall–Kier alpha value is -1.15. The standard InChI is InChI=1S/C15H22IN3O2/c1-10(2)8-15(3,14(17)21)18-9-13(20)19-12-6-4-5-11(16)7-12/h4-7,10,18H,8-9H2,1-3H3,(H2,17,21)(H,19,20). The van der Waals surface area contributed by atoms with Gasteiger partial charge in [0.05, 0.1) is 12.1 Å². The molecule has 0 saturated heterocycles. The Kier molecular flexibility index (Phi) is 6.60. The molecular weight excluding hydrogens is 381 g/mol. The maximum absolute atomic E-state index is 12.0. The molecule has 1 rings (SSSR count). The summed E-state index contributed by atoms with van der Waals surface area (Å²) in [6.07, 6.45) is 0.582. The number of carbonyl (C=O) groups is 2. The Balaban J connectivity index is 2.60. The van der Waals surface area contributed by atoms with Crippen LogP contribution in [0.15, 0.2) is 24.3 Å². The van der Waals surface area contributed by atoms with Crippen LogP contribution in [0.5, 0.6) is 0 Å². The highest BCUT2D eigenvalue weighted by Crippen LogP contribution is 2.16. The summed E-state index contributed by atoms with van der Waals surface area (Å²) in [6, 6.07) is 7.51. The topological polar surface area (TPSA) is 84.2 Å². The molecule has 21 heavy (non-hydrogen) atoms. The van der Waals surface area contributed by atoms with Crippen molar-refractivity contribution in [3.63, 3.8) is 0 Å². The summed E-state index contributed by atoms with van der Waals surface area (Å²) in [5, 5.41) is 5.76. The van der Waals surface area contributed by atoms with E-state index in [-0.39, 0.29) is 12.5 Å². The normalized spacial score (nSPS) is 13.8. The van der Waals surface area contributed by atoms with Crippen molar-refractivity contribution in [2.24, 2.45) is 11.7 Å². The van der Waals surface area contributed by atoms with Crippen molar-refractivity contribution in [1.82, 2.24) is 5.32 Å². The maximum atomic E-state index is 12.0. The Labute approximate surface area is 139 Å². The molecule has 116 valence electrons. The van der Waals surface area contributed by atoms with E-state index in [0.29, 0.717) is 12.3 Å². The summed E-state index contributed by atoms with van der Waals surface area (Å²) in [4.78, 5) is 23.5. The second kappa shape index (κ2) is 7.74. The van der Waals surface area contributed by atoms with E-state index in [1.807, 2.05) is 38.1 Å². The molecule has 0 aliphatic heterocycles. The molecule has 0 aliphatic rings. The largest absolute Gasteiger partial charge is 0.368 e. The molecule has 4 N–H and O–H groups in total. The van der Waals surface area contributed by atoms with Crippen molar-refractivity contribution in [2.45, 2.75) is 32.7 Å². The predicted molar refractivity (Wildman–Crippen MR) is 92.8 cm³/mol. The van der Waals surface area contributed by atoms with Crippen LogP contribution in [0.4, 0.5) is 5.69 Å². The molecule has 1 aromatic carbocycles. The number of primary amides is 1. The lowest BCUT2D eigenvalue weighted by Gasteiger charge is -2.29. The number of nitrogens with two attached hydrogens (primary N) is 1. The van der Waals surface area contributed by atoms with Crippen molar-refractivity contribution in [2.75, 3.05) is 11.9 Å². The number of anilines is 1. The Morgan fingerprint density at radius 1 is 1.38 bits per heavy atom. The first-order valence-corrected chi connectivity index (χ1v) is 7.91. The molecule has 1 unspecified atom stereocenters. The molecule has 1 aromatic rings. The molecule has 0 aliphatic carbocycles. The van der Waals surface area contributed by atoms with Gasteiger partial charge in [0.2, 0.25) is 11.8 Å². The smallest absolute Gasteiger partial charge is 0.238 e. The summed E-state index contributed by atoms with van der Waals surface area (Å²) >= 11 is 2.18. The fourth-order valence-corrected chi connectivity index (χ4v) is 2.67. The van der Waals surface area contributed by atoms with Gasteiger partial charge in [0.25, 0.3) is 0 Å². The minimum atomic E-state index is -0.878. The number of amides is 2. The summed E-state index contributed by atoms with van der Waals surface area (Å²) in [5.74, 6) is -0.347. The van der Waals surface area contributed by atoms with Crippen molar-refractivity contribution in [3.05, 3.63) is 27.8 Å². The van der Waals surface area contributed by atoms with Gasteiger partial charge in [-0.25, -0.2) is 0 Å². The van der Waals surface area contributed by atoms with Crippen molar-refractivity contribution < 1.29 is 9.59 Å². The molecule has 0 heterocycles. The highest BCUT2D eigenvalue weighted by Gasteiger charge is 2.31. The van der Waals surface area contributed by atoms with Gasteiger partial charge in [-0.05, 0) is 60.1 Å². The fraction of sp³-hybridized carbons (Fsp3) is 0.467. The van der Waals surface area contributed by atoms with Gasteiger partial charge in [-0.15, -0.1) is 0 Å². The van der Waals surface area contributed by atoms with Gasteiger partial charge in [-0.2, -0.15) is 0 Å². The number of halogens is 1. The SMILES string of the molecule is CC(C)CC(C)(NCC(=O)Nc1cccc(I)c1)C(N)=O. The van der Waals surface area contributed by atoms with Gasteiger partial charge in [0.1, 0.15) is 0 Å². The predicted octanol–water partition coefficient (Wildman–Crippen LogP) is 2.11. The molecular formula is C15H22IN3O2. The third-order valence-electron chi connectivity index (χ3n) is 3.11. The van der Waals surface area contributed by atoms with E-state index < -0.39 is 11.4 Å². The number of rotatable bonds is 7. The van der Waals surface area contributed by atoms with E-state index in [1.165, 1.54) is 0 Å². The Morgan fingerprint density at radius 2 is 2.05 bits per heavy atom. The van der Waals surface area contributed by atoms with Crippen LogP contribution in [0.1, 0.15) is 27.2 Å². The average Bonchev–Trinajstić information content (AvgIpc) is 2.35. The molecule has 0 radical (unpaired) electrons. The Morgan fingerprint density at radius 3 is 2.57 bits per heavy atom. The molecule has 0 aromatic heterocycles. The lowest BCUT2D eigenvalue weighted by atomic mass is 9.90.